The van der Waals surface area contributed by atoms with Crippen molar-refractivity contribution in [2.24, 2.45) is 0 Å². The highest BCUT2D eigenvalue weighted by Gasteiger charge is 2.08. The zero-order chi connectivity index (χ0) is 15.8. The molecule has 0 aliphatic heterocycles. The van der Waals surface area contributed by atoms with Crippen LogP contribution in [0.1, 0.15) is 25.3 Å². The van der Waals surface area contributed by atoms with Gasteiger partial charge in [0.25, 0.3) is 0 Å². The van der Waals surface area contributed by atoms with Crippen molar-refractivity contribution >= 4 is 17.7 Å². The highest BCUT2D eigenvalue weighted by atomic mass is 32.2. The number of carbonyl (C=O) groups excluding carboxylic acids is 1. The SMILES string of the molecule is CC(CCC(=O)NCc1cccnc1)Sc1ccc(O)cc1. The maximum Gasteiger partial charge on any atom is 0.220 e. The topological polar surface area (TPSA) is 62.2 Å². The van der Waals surface area contributed by atoms with Gasteiger partial charge in [0, 0.05) is 35.5 Å². The molecule has 2 N–H and O–H groups in total. The zero-order valence-corrected chi connectivity index (χ0v) is 13.3. The number of benzene rings is 1. The number of aromatic hydroxyl groups is 1. The molecule has 0 aliphatic rings. The predicted octanol–water partition coefficient (Wildman–Crippen LogP) is 3.36. The third kappa shape index (κ3) is 5.77. The van der Waals surface area contributed by atoms with Crippen molar-refractivity contribution in [2.45, 2.75) is 36.5 Å². The van der Waals surface area contributed by atoms with Crippen LogP contribution in [0.15, 0.2) is 53.7 Å². The lowest BCUT2D eigenvalue weighted by Gasteiger charge is -2.11. The lowest BCUT2D eigenvalue weighted by molar-refractivity contribution is -0.121. The van der Waals surface area contributed by atoms with E-state index < -0.39 is 0 Å². The van der Waals surface area contributed by atoms with Crippen molar-refractivity contribution < 1.29 is 9.90 Å². The van der Waals surface area contributed by atoms with E-state index >= 15 is 0 Å². The van der Waals surface area contributed by atoms with E-state index in [2.05, 4.69) is 17.2 Å². The van der Waals surface area contributed by atoms with Crippen LogP contribution in [0.2, 0.25) is 0 Å². The van der Waals surface area contributed by atoms with Gasteiger partial charge in [-0.3, -0.25) is 9.78 Å². The lowest BCUT2D eigenvalue weighted by atomic mass is 10.2. The van der Waals surface area contributed by atoms with Crippen molar-refractivity contribution in [1.29, 1.82) is 0 Å². The first-order valence-corrected chi connectivity index (χ1v) is 8.13. The summed E-state index contributed by atoms with van der Waals surface area (Å²) in [5, 5.41) is 12.5. The molecular formula is C17H20N2O2S. The van der Waals surface area contributed by atoms with Gasteiger partial charge >= 0.3 is 0 Å². The first kappa shape index (κ1) is 16.4. The Kier molecular flexibility index (Phi) is 6.27. The van der Waals surface area contributed by atoms with Gasteiger partial charge in [0.1, 0.15) is 5.75 Å². The average Bonchev–Trinajstić information content (AvgIpc) is 2.54. The summed E-state index contributed by atoms with van der Waals surface area (Å²) < 4.78 is 0. The maximum absolute atomic E-state index is 11.8. The smallest absolute Gasteiger partial charge is 0.220 e. The van der Waals surface area contributed by atoms with Crippen molar-refractivity contribution in [3.63, 3.8) is 0 Å². The molecule has 2 rings (SSSR count). The van der Waals surface area contributed by atoms with E-state index in [4.69, 9.17) is 0 Å². The number of nitrogens with one attached hydrogen (secondary N) is 1. The van der Waals surface area contributed by atoms with Crippen molar-refractivity contribution in [3.05, 3.63) is 54.4 Å². The molecule has 0 bridgehead atoms. The average molecular weight is 316 g/mol. The van der Waals surface area contributed by atoms with Crippen LogP contribution < -0.4 is 5.32 Å². The number of amides is 1. The Morgan fingerprint density at radius 3 is 2.77 bits per heavy atom. The molecule has 1 heterocycles. The fourth-order valence-corrected chi connectivity index (χ4v) is 2.94. The number of thioether (sulfide) groups is 1. The van der Waals surface area contributed by atoms with E-state index in [1.54, 1.807) is 36.3 Å². The van der Waals surface area contributed by atoms with Crippen LogP contribution in [0.4, 0.5) is 0 Å². The number of rotatable bonds is 7. The zero-order valence-electron chi connectivity index (χ0n) is 12.5. The second-order valence-electron chi connectivity index (χ2n) is 5.10. The van der Waals surface area contributed by atoms with Gasteiger partial charge in [-0.15, -0.1) is 11.8 Å². The molecule has 0 aliphatic carbocycles. The molecule has 1 amide bonds. The minimum absolute atomic E-state index is 0.0574. The number of aromatic nitrogens is 1. The van der Waals surface area contributed by atoms with E-state index in [1.807, 2.05) is 24.3 Å². The number of hydrogen-bond donors (Lipinski definition) is 2. The van der Waals surface area contributed by atoms with Gasteiger partial charge in [-0.1, -0.05) is 13.0 Å². The molecule has 0 saturated carbocycles. The van der Waals surface area contributed by atoms with Gasteiger partial charge in [0.15, 0.2) is 0 Å². The summed E-state index contributed by atoms with van der Waals surface area (Å²) >= 11 is 1.71. The molecule has 0 fully saturated rings. The number of phenolic OH excluding ortho intramolecular Hbond substituents is 1. The van der Waals surface area contributed by atoms with Gasteiger partial charge in [-0.25, -0.2) is 0 Å². The maximum atomic E-state index is 11.8. The van der Waals surface area contributed by atoms with Crippen LogP contribution in [-0.4, -0.2) is 21.2 Å². The summed E-state index contributed by atoms with van der Waals surface area (Å²) in [7, 11) is 0. The van der Waals surface area contributed by atoms with Crippen LogP contribution in [0.25, 0.3) is 0 Å². The summed E-state index contributed by atoms with van der Waals surface area (Å²) in [5.41, 5.74) is 1.00. The molecule has 4 nitrogen and oxygen atoms in total. The van der Waals surface area contributed by atoms with Crippen molar-refractivity contribution in [1.82, 2.24) is 10.3 Å². The summed E-state index contributed by atoms with van der Waals surface area (Å²) in [6, 6.07) is 10.9. The Bertz CT molecular complexity index is 587. The third-order valence-electron chi connectivity index (χ3n) is 3.16. The van der Waals surface area contributed by atoms with Gasteiger partial charge in [-0.2, -0.15) is 0 Å². The summed E-state index contributed by atoms with van der Waals surface area (Å²) in [6.07, 6.45) is 4.79. The summed E-state index contributed by atoms with van der Waals surface area (Å²) in [6.45, 7) is 2.62. The minimum Gasteiger partial charge on any atom is -0.508 e. The van der Waals surface area contributed by atoms with Crippen LogP contribution in [0.5, 0.6) is 5.75 Å². The van der Waals surface area contributed by atoms with E-state index in [9.17, 15) is 9.90 Å². The predicted molar refractivity (Wildman–Crippen MR) is 88.7 cm³/mol. The van der Waals surface area contributed by atoms with E-state index in [-0.39, 0.29) is 11.7 Å². The molecule has 0 radical (unpaired) electrons. The molecule has 5 heteroatoms. The molecule has 1 unspecified atom stereocenters. The van der Waals surface area contributed by atoms with Crippen LogP contribution in [-0.2, 0) is 11.3 Å². The fraction of sp³-hybridized carbons (Fsp3) is 0.294. The fourth-order valence-electron chi connectivity index (χ4n) is 1.94. The van der Waals surface area contributed by atoms with E-state index in [0.717, 1.165) is 16.9 Å². The lowest BCUT2D eigenvalue weighted by Crippen LogP contribution is -2.23. The number of hydrogen-bond acceptors (Lipinski definition) is 4. The summed E-state index contributed by atoms with van der Waals surface area (Å²) in [4.78, 5) is 17.0. The molecule has 0 saturated heterocycles. The van der Waals surface area contributed by atoms with E-state index in [1.165, 1.54) is 0 Å². The Morgan fingerprint density at radius 1 is 1.32 bits per heavy atom. The molecule has 1 aromatic carbocycles. The molecule has 2 aromatic rings. The van der Waals surface area contributed by atoms with E-state index in [0.29, 0.717) is 18.2 Å². The molecule has 1 aromatic heterocycles. The number of nitrogens with zero attached hydrogens (tertiary/aromatic N) is 1. The normalized spacial score (nSPS) is 11.9. The number of phenols is 1. The third-order valence-corrected chi connectivity index (χ3v) is 4.35. The second-order valence-corrected chi connectivity index (χ2v) is 6.61. The quantitative estimate of drug-likeness (QED) is 0.769. The monoisotopic (exact) mass is 316 g/mol. The summed E-state index contributed by atoms with van der Waals surface area (Å²) in [5.74, 6) is 0.328. The van der Waals surface area contributed by atoms with Crippen molar-refractivity contribution in [3.8, 4) is 5.75 Å². The first-order valence-electron chi connectivity index (χ1n) is 7.25. The molecule has 116 valence electrons. The minimum atomic E-state index is 0.0574. The van der Waals surface area contributed by atoms with Crippen LogP contribution in [0.3, 0.4) is 0 Å². The highest BCUT2D eigenvalue weighted by molar-refractivity contribution is 7.99. The van der Waals surface area contributed by atoms with Gasteiger partial charge in [-0.05, 0) is 42.3 Å². The second kappa shape index (κ2) is 8.44. The number of carbonyl (C=O) groups is 1. The molecule has 22 heavy (non-hydrogen) atoms. The number of pyridine rings is 1. The van der Waals surface area contributed by atoms with Crippen LogP contribution >= 0.6 is 11.8 Å². The highest BCUT2D eigenvalue weighted by Crippen LogP contribution is 2.27. The Labute approximate surface area is 135 Å². The van der Waals surface area contributed by atoms with Gasteiger partial charge < -0.3 is 10.4 Å². The van der Waals surface area contributed by atoms with Crippen molar-refractivity contribution in [2.75, 3.05) is 0 Å². The molecule has 0 spiro atoms. The van der Waals surface area contributed by atoms with Crippen LogP contribution in [0, 0.1) is 0 Å². The largest absolute Gasteiger partial charge is 0.508 e. The first-order chi connectivity index (χ1) is 10.6. The standard InChI is InChI=1S/C17H20N2O2S/c1-13(22-16-7-5-15(20)6-8-16)4-9-17(21)19-12-14-3-2-10-18-11-14/h2-3,5-8,10-11,13,20H,4,9,12H2,1H3,(H,19,21). The Balaban J connectivity index is 1.68. The van der Waals surface area contributed by atoms with Gasteiger partial charge in [0.2, 0.25) is 5.91 Å². The van der Waals surface area contributed by atoms with Gasteiger partial charge in [0.05, 0.1) is 0 Å². The Morgan fingerprint density at radius 2 is 2.09 bits per heavy atom. The Hall–Kier alpha value is -2.01. The molecule has 1 atom stereocenters. The molecular weight excluding hydrogens is 296 g/mol.